The minimum absolute atomic E-state index is 0.0668. The molecule has 2 aromatic rings. The van der Waals surface area contributed by atoms with Crippen LogP contribution in [0.15, 0.2) is 47.7 Å². The van der Waals surface area contributed by atoms with Gasteiger partial charge in [0.15, 0.2) is 0 Å². The number of piperazine rings is 1. The molecule has 3 N–H and O–H groups in total. The van der Waals surface area contributed by atoms with E-state index >= 15 is 0 Å². The summed E-state index contributed by atoms with van der Waals surface area (Å²) in [5.74, 6) is 1.04. The second kappa shape index (κ2) is 14.2. The van der Waals surface area contributed by atoms with Gasteiger partial charge in [-0.25, -0.2) is 5.01 Å². The highest BCUT2D eigenvalue weighted by atomic mass is 16.5. The van der Waals surface area contributed by atoms with Crippen LogP contribution in [-0.2, 0) is 11.2 Å². The van der Waals surface area contributed by atoms with Crippen molar-refractivity contribution in [3.05, 3.63) is 53.7 Å². The summed E-state index contributed by atoms with van der Waals surface area (Å²) in [6, 6.07) is 10.5. The maximum absolute atomic E-state index is 12.1. The van der Waals surface area contributed by atoms with Gasteiger partial charge in [0.1, 0.15) is 5.82 Å². The SMILES string of the molecule is C=C(C)N(N=C(C)C)c1cc(C(CC(=O)O)CN2CCC(COc3ccc4c(n3)NCCC4)C2)cc(N2CCNCC2)c1. The average Bonchev–Trinajstić information content (AvgIpc) is 3.45. The van der Waals surface area contributed by atoms with E-state index in [-0.39, 0.29) is 12.3 Å². The van der Waals surface area contributed by atoms with Gasteiger partial charge in [-0.05, 0) is 82.0 Å². The predicted molar refractivity (Wildman–Crippen MR) is 174 cm³/mol. The Bertz CT molecular complexity index is 1320. The molecule has 10 heteroatoms. The van der Waals surface area contributed by atoms with Gasteiger partial charge >= 0.3 is 5.97 Å². The summed E-state index contributed by atoms with van der Waals surface area (Å²) in [6.45, 7) is 17.7. The van der Waals surface area contributed by atoms with Crippen LogP contribution in [0.4, 0.5) is 17.2 Å². The molecule has 43 heavy (non-hydrogen) atoms. The number of fused-ring (bicyclic) bond motifs is 1. The van der Waals surface area contributed by atoms with Gasteiger partial charge < -0.3 is 30.3 Å². The maximum atomic E-state index is 12.1. The van der Waals surface area contributed by atoms with Crippen LogP contribution in [0.1, 0.15) is 57.1 Å². The Morgan fingerprint density at radius 1 is 1.19 bits per heavy atom. The van der Waals surface area contributed by atoms with Crippen molar-refractivity contribution in [2.24, 2.45) is 11.0 Å². The molecule has 2 unspecified atom stereocenters. The fourth-order valence-corrected chi connectivity index (χ4v) is 6.26. The highest BCUT2D eigenvalue weighted by Crippen LogP contribution is 2.34. The Balaban J connectivity index is 1.32. The Kier molecular flexibility index (Phi) is 10.2. The number of anilines is 3. The van der Waals surface area contributed by atoms with E-state index in [2.05, 4.69) is 56.3 Å². The first-order valence-corrected chi connectivity index (χ1v) is 15.6. The number of carboxylic acids is 1. The molecule has 1 aromatic carbocycles. The highest BCUT2D eigenvalue weighted by Gasteiger charge is 2.28. The minimum atomic E-state index is -0.788. The monoisotopic (exact) mass is 589 g/mol. The Morgan fingerprint density at radius 2 is 2.00 bits per heavy atom. The van der Waals surface area contributed by atoms with E-state index in [1.165, 1.54) is 5.56 Å². The topological polar surface area (TPSA) is 106 Å². The van der Waals surface area contributed by atoms with E-state index in [0.717, 1.165) is 99.2 Å². The average molecular weight is 590 g/mol. The summed E-state index contributed by atoms with van der Waals surface area (Å²) in [7, 11) is 0. The van der Waals surface area contributed by atoms with Crippen LogP contribution in [0.3, 0.4) is 0 Å². The van der Waals surface area contributed by atoms with E-state index in [1.807, 2.05) is 31.8 Å². The first-order chi connectivity index (χ1) is 20.7. The summed E-state index contributed by atoms with van der Waals surface area (Å²) in [5.41, 5.74) is 6.02. The third-order valence-corrected chi connectivity index (χ3v) is 8.39. The molecule has 3 aliphatic rings. The molecule has 0 saturated carbocycles. The van der Waals surface area contributed by atoms with Crippen molar-refractivity contribution in [3.8, 4) is 5.88 Å². The first-order valence-electron chi connectivity index (χ1n) is 15.6. The van der Waals surface area contributed by atoms with E-state index in [0.29, 0.717) is 24.9 Å². The number of nitrogens with one attached hydrogen (secondary N) is 2. The number of hydrogen-bond donors (Lipinski definition) is 3. The van der Waals surface area contributed by atoms with E-state index in [1.54, 1.807) is 0 Å². The molecule has 0 radical (unpaired) electrons. The quantitative estimate of drug-likeness (QED) is 0.243. The number of aliphatic carboxylic acids is 1. The molecule has 5 rings (SSSR count). The lowest BCUT2D eigenvalue weighted by atomic mass is 9.93. The number of allylic oxidation sites excluding steroid dienone is 1. The number of hydrazone groups is 1. The standard InChI is InChI=1S/C33H47N7O3/c1-23(2)37-40(24(3)4)30-17-27(16-29(19-30)39-14-11-34-12-15-39)28(18-32(41)42)21-38-13-9-25(20-38)22-43-31-8-7-26-6-5-10-35-33(26)36-31/h7-8,16-17,19,25,28,34H,3,5-6,9-15,18,20-22H2,1-2,4H3,(H,35,36)(H,41,42). The molecule has 2 saturated heterocycles. The second-order valence-electron chi connectivity index (χ2n) is 12.3. The minimum Gasteiger partial charge on any atom is -0.481 e. The van der Waals surface area contributed by atoms with Crippen LogP contribution in [-0.4, -0.2) is 85.6 Å². The number of carboxylic acid groups (broad SMARTS) is 1. The van der Waals surface area contributed by atoms with Crippen LogP contribution < -0.4 is 25.3 Å². The zero-order valence-electron chi connectivity index (χ0n) is 25.9. The Morgan fingerprint density at radius 3 is 2.74 bits per heavy atom. The number of pyridine rings is 1. The lowest BCUT2D eigenvalue weighted by molar-refractivity contribution is -0.137. The van der Waals surface area contributed by atoms with Crippen molar-refractivity contribution in [3.63, 3.8) is 0 Å². The normalized spacial score (nSPS) is 19.2. The van der Waals surface area contributed by atoms with Gasteiger partial charge in [0, 0.05) is 80.8 Å². The number of aromatic nitrogens is 1. The largest absolute Gasteiger partial charge is 0.481 e. The number of aryl methyl sites for hydroxylation is 1. The number of ether oxygens (including phenoxy) is 1. The number of carbonyl (C=O) groups is 1. The van der Waals surface area contributed by atoms with Crippen LogP contribution in [0.2, 0.25) is 0 Å². The van der Waals surface area contributed by atoms with E-state index in [4.69, 9.17) is 9.84 Å². The molecule has 2 atom stereocenters. The van der Waals surface area contributed by atoms with Crippen molar-refractivity contribution in [2.45, 2.75) is 52.4 Å². The molecule has 0 amide bonds. The fraction of sp³-hybridized carbons (Fsp3) is 0.545. The van der Waals surface area contributed by atoms with E-state index in [9.17, 15) is 9.90 Å². The number of nitrogens with zero attached hydrogens (tertiary/aromatic N) is 5. The summed E-state index contributed by atoms with van der Waals surface area (Å²) in [4.78, 5) is 21.6. The first kappa shape index (κ1) is 30.8. The molecule has 1 aromatic heterocycles. The zero-order chi connectivity index (χ0) is 30.3. The summed E-state index contributed by atoms with van der Waals surface area (Å²) >= 11 is 0. The van der Waals surface area contributed by atoms with Gasteiger partial charge in [-0.1, -0.05) is 6.58 Å². The summed E-state index contributed by atoms with van der Waals surface area (Å²) < 4.78 is 6.13. The van der Waals surface area contributed by atoms with Crippen LogP contribution >= 0.6 is 0 Å². The highest BCUT2D eigenvalue weighted by molar-refractivity contribution is 5.81. The number of benzene rings is 1. The summed E-state index contributed by atoms with van der Waals surface area (Å²) in [5, 5.41) is 23.4. The van der Waals surface area contributed by atoms with Crippen LogP contribution in [0.25, 0.3) is 0 Å². The molecule has 10 nitrogen and oxygen atoms in total. The molecule has 3 aliphatic heterocycles. The number of hydrogen-bond acceptors (Lipinski definition) is 9. The van der Waals surface area contributed by atoms with Gasteiger partial charge in [0.05, 0.1) is 18.7 Å². The molecule has 0 aliphatic carbocycles. The lowest BCUT2D eigenvalue weighted by Crippen LogP contribution is -2.43. The molecule has 0 spiro atoms. The third-order valence-electron chi connectivity index (χ3n) is 8.39. The number of rotatable bonds is 12. The predicted octanol–water partition coefficient (Wildman–Crippen LogP) is 4.54. The molecular weight excluding hydrogens is 542 g/mol. The van der Waals surface area contributed by atoms with Gasteiger partial charge in [-0.15, -0.1) is 0 Å². The van der Waals surface area contributed by atoms with Crippen molar-refractivity contribution in [1.29, 1.82) is 0 Å². The Hall–Kier alpha value is -3.63. The van der Waals surface area contributed by atoms with E-state index < -0.39 is 5.97 Å². The summed E-state index contributed by atoms with van der Waals surface area (Å²) in [6.07, 6.45) is 3.27. The molecule has 4 heterocycles. The van der Waals surface area contributed by atoms with Crippen molar-refractivity contribution in [2.75, 3.05) is 74.2 Å². The van der Waals surface area contributed by atoms with Crippen LogP contribution in [0.5, 0.6) is 5.88 Å². The van der Waals surface area contributed by atoms with Gasteiger partial charge in [0.2, 0.25) is 5.88 Å². The van der Waals surface area contributed by atoms with Gasteiger partial charge in [-0.2, -0.15) is 10.1 Å². The molecule has 232 valence electrons. The smallest absolute Gasteiger partial charge is 0.304 e. The van der Waals surface area contributed by atoms with Crippen molar-refractivity contribution < 1.29 is 14.6 Å². The third kappa shape index (κ3) is 8.26. The zero-order valence-corrected chi connectivity index (χ0v) is 25.9. The van der Waals surface area contributed by atoms with Gasteiger partial charge in [0.25, 0.3) is 0 Å². The maximum Gasteiger partial charge on any atom is 0.304 e. The Labute approximate surface area is 255 Å². The molecule has 0 bridgehead atoms. The lowest BCUT2D eigenvalue weighted by Gasteiger charge is -2.32. The van der Waals surface area contributed by atoms with Crippen LogP contribution in [0, 0.1) is 5.92 Å². The second-order valence-corrected chi connectivity index (χ2v) is 12.3. The molecule has 2 fully saturated rings. The van der Waals surface area contributed by atoms with Crippen molar-refractivity contribution in [1.82, 2.24) is 15.2 Å². The fourth-order valence-electron chi connectivity index (χ4n) is 6.26. The number of likely N-dealkylation sites (tertiary alicyclic amines) is 1. The molecular formula is C33H47N7O3. The van der Waals surface area contributed by atoms with Crippen molar-refractivity contribution >= 4 is 28.9 Å². The van der Waals surface area contributed by atoms with Gasteiger partial charge in [-0.3, -0.25) is 4.79 Å².